The van der Waals surface area contributed by atoms with Gasteiger partial charge in [-0.25, -0.2) is 18.0 Å². The highest BCUT2D eigenvalue weighted by Gasteiger charge is 2.29. The SMILES string of the molecule is O=C(NCCC(O)C(O)c1cc(F)c(F)c(F)c1)OCC1c2ccccc2-c2ccccc21. The fourth-order valence-electron chi connectivity index (χ4n) is 4.10. The number of carbonyl (C=O) groups is 1. The van der Waals surface area contributed by atoms with E-state index >= 15 is 0 Å². The number of hydrogen-bond donors (Lipinski definition) is 3. The van der Waals surface area contributed by atoms with Crippen LogP contribution in [0.5, 0.6) is 0 Å². The molecule has 0 heterocycles. The van der Waals surface area contributed by atoms with Gasteiger partial charge >= 0.3 is 6.09 Å². The summed E-state index contributed by atoms with van der Waals surface area (Å²) in [6, 6.07) is 17.1. The molecule has 3 aromatic rings. The second kappa shape index (κ2) is 9.64. The van der Waals surface area contributed by atoms with Gasteiger partial charge in [-0.3, -0.25) is 0 Å². The molecule has 2 unspecified atom stereocenters. The van der Waals surface area contributed by atoms with E-state index in [1.165, 1.54) is 0 Å². The standard InChI is InChI=1S/C25H22F3NO4/c26-20-11-14(12-21(27)23(20)28)24(31)22(30)9-10-29-25(32)33-13-19-17-7-3-1-5-15(17)16-6-2-4-8-18(16)19/h1-8,11-12,19,22,24,30-31H,9-10,13H2,(H,29,32). The Morgan fingerprint density at radius 3 is 2.06 bits per heavy atom. The van der Waals surface area contributed by atoms with Crippen molar-refractivity contribution in [1.29, 1.82) is 0 Å². The first-order chi connectivity index (χ1) is 15.9. The maximum atomic E-state index is 13.3. The van der Waals surface area contributed by atoms with Gasteiger partial charge in [0, 0.05) is 12.5 Å². The third-order valence-corrected chi connectivity index (χ3v) is 5.77. The Bertz CT molecular complexity index is 1100. The Hall–Kier alpha value is -3.36. The van der Waals surface area contributed by atoms with Crippen molar-refractivity contribution in [3.05, 3.63) is 94.8 Å². The Morgan fingerprint density at radius 2 is 1.48 bits per heavy atom. The van der Waals surface area contributed by atoms with Crippen LogP contribution in [0.15, 0.2) is 60.7 Å². The molecule has 0 radical (unpaired) electrons. The second-order valence-electron chi connectivity index (χ2n) is 7.85. The molecule has 3 aromatic carbocycles. The van der Waals surface area contributed by atoms with Crippen molar-refractivity contribution in [3.63, 3.8) is 0 Å². The number of amides is 1. The number of halogens is 3. The number of alkyl carbamates (subject to hydrolysis) is 1. The second-order valence-corrected chi connectivity index (χ2v) is 7.85. The van der Waals surface area contributed by atoms with Crippen molar-refractivity contribution in [1.82, 2.24) is 5.32 Å². The van der Waals surface area contributed by atoms with Crippen LogP contribution in [-0.2, 0) is 4.74 Å². The van der Waals surface area contributed by atoms with E-state index in [4.69, 9.17) is 4.74 Å². The molecule has 5 nitrogen and oxygen atoms in total. The smallest absolute Gasteiger partial charge is 0.407 e. The third kappa shape index (κ3) is 4.72. The van der Waals surface area contributed by atoms with Crippen LogP contribution in [0, 0.1) is 17.5 Å². The average molecular weight is 457 g/mol. The zero-order valence-corrected chi connectivity index (χ0v) is 17.5. The van der Waals surface area contributed by atoms with Gasteiger partial charge in [-0.2, -0.15) is 0 Å². The third-order valence-electron chi connectivity index (χ3n) is 5.77. The number of aliphatic hydroxyl groups is 2. The van der Waals surface area contributed by atoms with Gasteiger partial charge in [-0.1, -0.05) is 48.5 Å². The molecule has 0 bridgehead atoms. The lowest BCUT2D eigenvalue weighted by Gasteiger charge is -2.19. The summed E-state index contributed by atoms with van der Waals surface area (Å²) in [6.45, 7) is 0.0697. The summed E-state index contributed by atoms with van der Waals surface area (Å²) in [6.07, 6.45) is -3.91. The van der Waals surface area contributed by atoms with Crippen LogP contribution in [0.25, 0.3) is 11.1 Å². The lowest BCUT2D eigenvalue weighted by atomic mass is 9.98. The number of benzene rings is 3. The predicted octanol–water partition coefficient (Wildman–Crippen LogP) is 4.43. The molecule has 4 rings (SSSR count). The number of carbonyl (C=O) groups excluding carboxylic acids is 1. The number of rotatable bonds is 7. The first-order valence-corrected chi connectivity index (χ1v) is 10.5. The minimum atomic E-state index is -1.66. The number of hydrogen-bond acceptors (Lipinski definition) is 4. The van der Waals surface area contributed by atoms with Crippen LogP contribution < -0.4 is 5.32 Å². The van der Waals surface area contributed by atoms with E-state index in [0.29, 0.717) is 12.1 Å². The maximum absolute atomic E-state index is 13.3. The fraction of sp³-hybridized carbons (Fsp3) is 0.240. The summed E-state index contributed by atoms with van der Waals surface area (Å²) in [7, 11) is 0. The maximum Gasteiger partial charge on any atom is 0.407 e. The fourth-order valence-corrected chi connectivity index (χ4v) is 4.10. The van der Waals surface area contributed by atoms with Crippen molar-refractivity contribution in [2.75, 3.05) is 13.2 Å². The van der Waals surface area contributed by atoms with Crippen molar-refractivity contribution >= 4 is 6.09 Å². The van der Waals surface area contributed by atoms with Crippen LogP contribution >= 0.6 is 0 Å². The number of fused-ring (bicyclic) bond motifs is 3. The molecule has 172 valence electrons. The van der Waals surface area contributed by atoms with E-state index < -0.39 is 35.8 Å². The van der Waals surface area contributed by atoms with Crippen molar-refractivity contribution < 1.29 is 32.9 Å². The molecular formula is C25H22F3NO4. The largest absolute Gasteiger partial charge is 0.449 e. The van der Waals surface area contributed by atoms with Gasteiger partial charge in [0.25, 0.3) is 0 Å². The zero-order chi connectivity index (χ0) is 23.5. The molecular weight excluding hydrogens is 435 g/mol. The summed E-state index contributed by atoms with van der Waals surface area (Å²) in [5, 5.41) is 22.6. The van der Waals surface area contributed by atoms with Crippen LogP contribution in [-0.4, -0.2) is 35.6 Å². The molecule has 0 spiro atoms. The highest BCUT2D eigenvalue weighted by Crippen LogP contribution is 2.44. The highest BCUT2D eigenvalue weighted by atomic mass is 19.2. The van der Waals surface area contributed by atoms with E-state index in [2.05, 4.69) is 5.32 Å². The van der Waals surface area contributed by atoms with Gasteiger partial charge in [-0.15, -0.1) is 0 Å². The van der Waals surface area contributed by atoms with Crippen LogP contribution in [0.4, 0.5) is 18.0 Å². The Labute approximate surface area is 188 Å². The van der Waals surface area contributed by atoms with Crippen LogP contribution in [0.2, 0.25) is 0 Å². The van der Waals surface area contributed by atoms with Gasteiger partial charge in [-0.05, 0) is 46.4 Å². The van der Waals surface area contributed by atoms with Crippen LogP contribution in [0.1, 0.15) is 35.1 Å². The average Bonchev–Trinajstić information content (AvgIpc) is 3.14. The molecule has 1 amide bonds. The molecule has 0 saturated heterocycles. The molecule has 8 heteroatoms. The Morgan fingerprint density at radius 1 is 0.939 bits per heavy atom. The highest BCUT2D eigenvalue weighted by molar-refractivity contribution is 5.79. The molecule has 0 saturated carbocycles. The predicted molar refractivity (Wildman–Crippen MR) is 115 cm³/mol. The van der Waals surface area contributed by atoms with Gasteiger partial charge in [0.2, 0.25) is 0 Å². The van der Waals surface area contributed by atoms with Crippen molar-refractivity contribution in [3.8, 4) is 11.1 Å². The monoisotopic (exact) mass is 457 g/mol. The Balaban J connectivity index is 1.29. The molecule has 3 N–H and O–H groups in total. The molecule has 1 aliphatic carbocycles. The van der Waals surface area contributed by atoms with Gasteiger partial charge in [0.05, 0.1) is 6.10 Å². The topological polar surface area (TPSA) is 78.8 Å². The minimum Gasteiger partial charge on any atom is -0.449 e. The van der Waals surface area contributed by atoms with Gasteiger partial charge < -0.3 is 20.3 Å². The summed E-state index contributed by atoms with van der Waals surface area (Å²) < 4.78 is 45.1. The summed E-state index contributed by atoms with van der Waals surface area (Å²) in [5.74, 6) is -4.68. The molecule has 0 aliphatic heterocycles. The normalized spacial score (nSPS) is 14.3. The molecule has 2 atom stereocenters. The molecule has 1 aliphatic rings. The lowest BCUT2D eigenvalue weighted by Crippen LogP contribution is -2.30. The molecule has 0 fully saturated rings. The number of nitrogens with one attached hydrogen (secondary N) is 1. The van der Waals surface area contributed by atoms with Gasteiger partial charge in [0.15, 0.2) is 17.5 Å². The van der Waals surface area contributed by atoms with E-state index in [1.807, 2.05) is 48.5 Å². The number of ether oxygens (including phenoxy) is 1. The zero-order valence-electron chi connectivity index (χ0n) is 17.5. The Kier molecular flexibility index (Phi) is 6.67. The molecule has 33 heavy (non-hydrogen) atoms. The van der Waals surface area contributed by atoms with E-state index in [1.54, 1.807) is 0 Å². The first-order valence-electron chi connectivity index (χ1n) is 10.5. The van der Waals surface area contributed by atoms with E-state index in [-0.39, 0.29) is 31.1 Å². The van der Waals surface area contributed by atoms with E-state index in [0.717, 1.165) is 22.3 Å². The van der Waals surface area contributed by atoms with Crippen LogP contribution in [0.3, 0.4) is 0 Å². The summed E-state index contributed by atoms with van der Waals surface area (Å²) in [5.41, 5.74) is 4.05. The van der Waals surface area contributed by atoms with E-state index in [9.17, 15) is 28.2 Å². The molecule has 0 aromatic heterocycles. The lowest BCUT2D eigenvalue weighted by molar-refractivity contribution is 0.0132. The van der Waals surface area contributed by atoms with Crippen molar-refractivity contribution in [2.45, 2.75) is 24.5 Å². The summed E-state index contributed by atoms with van der Waals surface area (Å²) >= 11 is 0. The minimum absolute atomic E-state index is 0.0545. The van der Waals surface area contributed by atoms with Gasteiger partial charge in [0.1, 0.15) is 12.7 Å². The van der Waals surface area contributed by atoms with Crippen molar-refractivity contribution in [2.24, 2.45) is 0 Å². The summed E-state index contributed by atoms with van der Waals surface area (Å²) in [4.78, 5) is 12.2. The number of aliphatic hydroxyl groups excluding tert-OH is 2. The first kappa shape index (κ1) is 22.8. The quantitative estimate of drug-likeness (QED) is 0.459.